The van der Waals surface area contributed by atoms with Gasteiger partial charge in [-0.25, -0.2) is 0 Å². The number of hydrogen-bond donors (Lipinski definition) is 0. The first-order valence-corrected chi connectivity index (χ1v) is 6.05. The molecule has 0 saturated carbocycles. The lowest BCUT2D eigenvalue weighted by atomic mass is 10.1. The molecule has 0 aromatic heterocycles. The molecule has 0 aliphatic rings. The van der Waals surface area contributed by atoms with E-state index in [1.807, 2.05) is 0 Å². The summed E-state index contributed by atoms with van der Waals surface area (Å²) in [5.74, 6) is 0. The van der Waals surface area contributed by atoms with E-state index < -0.39 is 0 Å². The number of alkyl halides is 1. The van der Waals surface area contributed by atoms with Crippen LogP contribution in [-0.2, 0) is 4.79 Å². The summed E-state index contributed by atoms with van der Waals surface area (Å²) in [4.78, 5) is 10.7. The second-order valence-electron chi connectivity index (χ2n) is 2.62. The van der Waals surface area contributed by atoms with Crippen LogP contribution >= 0.6 is 38.5 Å². The molecule has 1 unspecified atom stereocenters. The van der Waals surface area contributed by atoms with Crippen molar-refractivity contribution in [2.75, 3.05) is 0 Å². The third kappa shape index (κ3) is 7.25. The average Bonchev–Trinajstić information content (AvgIpc) is 1.97. The van der Waals surface area contributed by atoms with Crippen LogP contribution in [0, 0.1) is 0 Å². The fourth-order valence-electron chi connectivity index (χ4n) is 0.864. The Morgan fingerprint density at radius 2 is 2.09 bits per heavy atom. The molecule has 1 nitrogen and oxygen atoms in total. The van der Waals surface area contributed by atoms with Crippen LogP contribution < -0.4 is 0 Å². The zero-order valence-electron chi connectivity index (χ0n) is 6.78. The number of carbonyl (C=O) groups excluding carboxylic acids is 1. The third-order valence-corrected chi connectivity index (χ3v) is 4.15. The van der Waals surface area contributed by atoms with Crippen LogP contribution in [0.4, 0.5) is 0 Å². The fourth-order valence-corrected chi connectivity index (χ4v) is 1.53. The van der Waals surface area contributed by atoms with Crippen LogP contribution in [0.1, 0.15) is 39.0 Å². The average molecular weight is 333 g/mol. The van der Waals surface area contributed by atoms with Crippen LogP contribution in [0.5, 0.6) is 0 Å². The van der Waals surface area contributed by atoms with E-state index in [4.69, 9.17) is 0 Å². The normalized spacial score (nSPS) is 13.0. The zero-order chi connectivity index (χ0) is 8.69. The van der Waals surface area contributed by atoms with Gasteiger partial charge in [-0.2, -0.15) is 0 Å². The highest BCUT2D eigenvalue weighted by atomic mass is 127. The summed E-state index contributed by atoms with van der Waals surface area (Å²) < 4.78 is 0.305. The fraction of sp³-hybridized carbons (Fsp3) is 0.875. The molecule has 3 heteroatoms. The quantitative estimate of drug-likeness (QED) is 0.314. The van der Waals surface area contributed by atoms with Gasteiger partial charge in [0.1, 0.15) is 0 Å². The molecule has 0 amide bonds. The van der Waals surface area contributed by atoms with Gasteiger partial charge in [-0.05, 0) is 22.4 Å². The molecule has 0 aliphatic heterocycles. The second kappa shape index (κ2) is 7.53. The molecule has 0 saturated heterocycles. The Kier molecular flexibility index (Phi) is 8.13. The Labute approximate surface area is 90.6 Å². The molecule has 0 radical (unpaired) electrons. The van der Waals surface area contributed by atoms with E-state index in [0.29, 0.717) is 0 Å². The first kappa shape index (κ1) is 11.9. The molecule has 0 aromatic rings. The topological polar surface area (TPSA) is 17.1 Å². The summed E-state index contributed by atoms with van der Waals surface area (Å²) in [7, 11) is 0. The van der Waals surface area contributed by atoms with E-state index in [1.54, 1.807) is 0 Å². The number of halogens is 2. The van der Waals surface area contributed by atoms with Crippen molar-refractivity contribution in [1.82, 2.24) is 0 Å². The highest BCUT2D eigenvalue weighted by Crippen LogP contribution is 2.15. The van der Waals surface area contributed by atoms with Crippen molar-refractivity contribution in [1.29, 1.82) is 0 Å². The van der Waals surface area contributed by atoms with Crippen LogP contribution in [-0.4, -0.2) is 8.62 Å². The molecule has 0 rings (SSSR count). The van der Waals surface area contributed by atoms with Crippen molar-refractivity contribution < 1.29 is 4.79 Å². The molecule has 0 aromatic carbocycles. The lowest BCUT2D eigenvalue weighted by molar-refractivity contribution is -0.109. The van der Waals surface area contributed by atoms with Crippen LogP contribution in [0.2, 0.25) is 0 Å². The van der Waals surface area contributed by atoms with Crippen LogP contribution in [0.25, 0.3) is 0 Å². The number of carbonyl (C=O) groups is 1. The summed E-state index contributed by atoms with van der Waals surface area (Å²) in [6.07, 6.45) is 6.01. The predicted molar refractivity (Wildman–Crippen MR) is 60.5 cm³/mol. The molecule has 0 spiro atoms. The second-order valence-corrected chi connectivity index (χ2v) is 4.91. The first-order valence-electron chi connectivity index (χ1n) is 4.02. The molecule has 0 fully saturated rings. The summed E-state index contributed by atoms with van der Waals surface area (Å²) in [6, 6.07) is 0. The molecular weight excluding hydrogens is 319 g/mol. The number of hydrogen-bond acceptors (Lipinski definition) is 1. The predicted octanol–water partition coefficient (Wildman–Crippen LogP) is 3.68. The van der Waals surface area contributed by atoms with Gasteiger partial charge in [0, 0.05) is 0 Å². The van der Waals surface area contributed by atoms with E-state index in [-0.39, 0.29) is 8.62 Å². The summed E-state index contributed by atoms with van der Waals surface area (Å²) >= 11 is 5.15. The zero-order valence-corrected chi connectivity index (χ0v) is 10.5. The molecular formula is C8H14BrIO. The molecule has 0 N–H and O–H groups in total. The molecule has 0 aliphatic carbocycles. The van der Waals surface area contributed by atoms with Gasteiger partial charge in [-0.1, -0.05) is 55.2 Å². The van der Waals surface area contributed by atoms with Crippen LogP contribution in [0.3, 0.4) is 0 Å². The molecule has 0 bridgehead atoms. The van der Waals surface area contributed by atoms with Gasteiger partial charge in [-0.15, -0.1) is 0 Å². The molecule has 0 heterocycles. The SMILES string of the molecule is CCCCCCC(I)C(=O)Br. The van der Waals surface area contributed by atoms with Gasteiger partial charge in [-0.3, -0.25) is 4.79 Å². The Morgan fingerprint density at radius 3 is 2.55 bits per heavy atom. The smallest absolute Gasteiger partial charge is 0.210 e. The molecule has 11 heavy (non-hydrogen) atoms. The Balaban J connectivity index is 3.17. The monoisotopic (exact) mass is 332 g/mol. The van der Waals surface area contributed by atoms with E-state index in [1.165, 1.54) is 25.7 Å². The van der Waals surface area contributed by atoms with Crippen molar-refractivity contribution in [3.05, 3.63) is 0 Å². The number of rotatable bonds is 6. The minimum absolute atomic E-state index is 0.134. The van der Waals surface area contributed by atoms with Gasteiger partial charge in [0.25, 0.3) is 0 Å². The van der Waals surface area contributed by atoms with Gasteiger partial charge in [0.15, 0.2) is 0 Å². The van der Waals surface area contributed by atoms with Gasteiger partial charge in [0.2, 0.25) is 4.69 Å². The van der Waals surface area contributed by atoms with Crippen molar-refractivity contribution in [3.63, 3.8) is 0 Å². The van der Waals surface area contributed by atoms with Crippen molar-refractivity contribution in [3.8, 4) is 0 Å². The third-order valence-electron chi connectivity index (χ3n) is 1.56. The highest BCUT2D eigenvalue weighted by Gasteiger charge is 2.09. The van der Waals surface area contributed by atoms with E-state index in [0.717, 1.165) is 6.42 Å². The van der Waals surface area contributed by atoms with Crippen molar-refractivity contribution in [2.24, 2.45) is 0 Å². The Morgan fingerprint density at radius 1 is 1.45 bits per heavy atom. The maximum absolute atomic E-state index is 10.7. The van der Waals surface area contributed by atoms with Gasteiger partial charge in [0.05, 0.1) is 3.92 Å². The lowest BCUT2D eigenvalue weighted by Crippen LogP contribution is -2.05. The maximum atomic E-state index is 10.7. The number of unbranched alkanes of at least 4 members (excludes halogenated alkanes) is 3. The largest absolute Gasteiger partial charge is 0.285 e. The van der Waals surface area contributed by atoms with Gasteiger partial charge < -0.3 is 0 Å². The van der Waals surface area contributed by atoms with Gasteiger partial charge >= 0.3 is 0 Å². The maximum Gasteiger partial charge on any atom is 0.210 e. The minimum Gasteiger partial charge on any atom is -0.285 e. The summed E-state index contributed by atoms with van der Waals surface area (Å²) in [5, 5.41) is 0. The van der Waals surface area contributed by atoms with E-state index >= 15 is 0 Å². The molecule has 66 valence electrons. The lowest BCUT2D eigenvalue weighted by Gasteiger charge is -2.02. The summed E-state index contributed by atoms with van der Waals surface area (Å²) in [5.41, 5.74) is 0. The standard InChI is InChI=1S/C8H14BrIO/c1-2-3-4-5-6-7(10)8(9)11/h7H,2-6H2,1H3. The van der Waals surface area contributed by atoms with E-state index in [2.05, 4.69) is 45.4 Å². The van der Waals surface area contributed by atoms with Crippen molar-refractivity contribution in [2.45, 2.75) is 43.0 Å². The highest BCUT2D eigenvalue weighted by molar-refractivity contribution is 14.1. The Bertz CT molecular complexity index is 117. The first-order chi connectivity index (χ1) is 5.18. The Hall–Kier alpha value is 0.880. The molecule has 1 atom stereocenters. The minimum atomic E-state index is 0.134. The summed E-state index contributed by atoms with van der Waals surface area (Å²) in [6.45, 7) is 2.19. The van der Waals surface area contributed by atoms with E-state index in [9.17, 15) is 4.79 Å². The van der Waals surface area contributed by atoms with Crippen LogP contribution in [0.15, 0.2) is 0 Å². The van der Waals surface area contributed by atoms with Crippen molar-refractivity contribution >= 4 is 43.2 Å².